The smallest absolute Gasteiger partial charge is 0.126 e. The Balaban J connectivity index is 1.61. The normalized spacial score (nSPS) is 12.0. The first kappa shape index (κ1) is 23.4. The maximum absolute atomic E-state index is 6.53. The molecular weight excluding hydrogens is 492 g/mol. The van der Waals surface area contributed by atoms with Crippen molar-refractivity contribution in [2.75, 3.05) is 7.05 Å². The Morgan fingerprint density at radius 3 is 2.00 bits per heavy atom. The van der Waals surface area contributed by atoms with Gasteiger partial charge in [0.2, 0.25) is 0 Å². The molecule has 0 saturated carbocycles. The standard InChI is InChI=1S/C36H26N2S/c1-38-36(37)30-19-18-29(27-17-16-24-12-8-9-15-26(24)20-27)35-33(30)32-22-28(23-10-4-2-5-11-23)21-31(34(32)39-35)25-13-6-3-7-14-25/h2-22H,1H3,(H2,37,38). The lowest BCUT2D eigenvalue weighted by Crippen LogP contribution is -2.13. The van der Waals surface area contributed by atoms with Gasteiger partial charge in [0.05, 0.1) is 0 Å². The average molecular weight is 519 g/mol. The number of fused-ring (bicyclic) bond motifs is 4. The lowest BCUT2D eigenvalue weighted by Gasteiger charge is -2.11. The van der Waals surface area contributed by atoms with Crippen molar-refractivity contribution in [1.82, 2.24) is 0 Å². The van der Waals surface area contributed by atoms with Crippen LogP contribution in [-0.2, 0) is 0 Å². The molecule has 0 atom stereocenters. The second-order valence-electron chi connectivity index (χ2n) is 9.77. The summed E-state index contributed by atoms with van der Waals surface area (Å²) >= 11 is 1.85. The molecule has 3 heteroatoms. The largest absolute Gasteiger partial charge is 0.383 e. The maximum Gasteiger partial charge on any atom is 0.126 e. The number of hydrogen-bond acceptors (Lipinski definition) is 2. The lowest BCUT2D eigenvalue weighted by molar-refractivity contribution is 1.40. The third kappa shape index (κ3) is 3.99. The number of rotatable bonds is 4. The zero-order chi connectivity index (χ0) is 26.3. The van der Waals surface area contributed by atoms with Crippen LogP contribution in [0.2, 0.25) is 0 Å². The van der Waals surface area contributed by atoms with Crippen molar-refractivity contribution in [2.24, 2.45) is 10.7 Å². The lowest BCUT2D eigenvalue weighted by atomic mass is 9.93. The van der Waals surface area contributed by atoms with Gasteiger partial charge in [0.1, 0.15) is 5.84 Å². The molecule has 2 N–H and O–H groups in total. The van der Waals surface area contributed by atoms with E-state index in [4.69, 9.17) is 5.73 Å². The fraction of sp³-hybridized carbons (Fsp3) is 0.0278. The van der Waals surface area contributed by atoms with Gasteiger partial charge in [-0.05, 0) is 62.9 Å². The van der Waals surface area contributed by atoms with Crippen LogP contribution in [-0.4, -0.2) is 12.9 Å². The van der Waals surface area contributed by atoms with Gasteiger partial charge < -0.3 is 5.73 Å². The number of aliphatic imine (C=N–C) groups is 1. The maximum atomic E-state index is 6.53. The first-order valence-electron chi connectivity index (χ1n) is 13.1. The van der Waals surface area contributed by atoms with Crippen LogP contribution in [0.3, 0.4) is 0 Å². The molecule has 0 unspecified atom stereocenters. The van der Waals surface area contributed by atoms with E-state index in [0.29, 0.717) is 5.84 Å². The highest BCUT2D eigenvalue weighted by Gasteiger charge is 2.20. The van der Waals surface area contributed by atoms with Crippen molar-refractivity contribution in [3.8, 4) is 33.4 Å². The zero-order valence-corrected chi connectivity index (χ0v) is 22.4. The van der Waals surface area contributed by atoms with E-state index < -0.39 is 0 Å². The average Bonchev–Trinajstić information content (AvgIpc) is 3.40. The Morgan fingerprint density at radius 1 is 0.564 bits per heavy atom. The molecule has 7 aromatic rings. The van der Waals surface area contributed by atoms with E-state index in [1.807, 2.05) is 11.3 Å². The summed E-state index contributed by atoms with van der Waals surface area (Å²) in [6.07, 6.45) is 0. The van der Waals surface area contributed by atoms with Gasteiger partial charge in [-0.15, -0.1) is 11.3 Å². The van der Waals surface area contributed by atoms with Crippen LogP contribution in [0.5, 0.6) is 0 Å². The predicted molar refractivity (Wildman–Crippen MR) is 170 cm³/mol. The summed E-state index contributed by atoms with van der Waals surface area (Å²) in [5, 5.41) is 4.85. The molecule has 0 aliphatic heterocycles. The van der Waals surface area contributed by atoms with Crippen molar-refractivity contribution in [3.05, 3.63) is 133 Å². The second kappa shape index (κ2) is 9.54. The van der Waals surface area contributed by atoms with Crippen molar-refractivity contribution in [1.29, 1.82) is 0 Å². The van der Waals surface area contributed by atoms with Crippen LogP contribution in [0.1, 0.15) is 5.56 Å². The minimum absolute atomic E-state index is 0.552. The van der Waals surface area contributed by atoms with Crippen molar-refractivity contribution >= 4 is 48.1 Å². The Labute approximate surface area is 231 Å². The summed E-state index contributed by atoms with van der Waals surface area (Å²) in [6, 6.07) is 45.5. The van der Waals surface area contributed by atoms with Crippen molar-refractivity contribution < 1.29 is 0 Å². The van der Waals surface area contributed by atoms with E-state index in [1.54, 1.807) is 7.05 Å². The number of thiophene rings is 1. The molecule has 0 saturated heterocycles. The van der Waals surface area contributed by atoms with Gasteiger partial charge in [-0.1, -0.05) is 103 Å². The third-order valence-electron chi connectivity index (χ3n) is 7.49. The van der Waals surface area contributed by atoms with Gasteiger partial charge >= 0.3 is 0 Å². The zero-order valence-electron chi connectivity index (χ0n) is 21.6. The van der Waals surface area contributed by atoms with Gasteiger partial charge in [0.15, 0.2) is 0 Å². The first-order chi connectivity index (χ1) is 19.2. The summed E-state index contributed by atoms with van der Waals surface area (Å²) in [5.74, 6) is 0.552. The number of nitrogens with zero attached hydrogens (tertiary/aromatic N) is 1. The molecule has 39 heavy (non-hydrogen) atoms. The van der Waals surface area contributed by atoms with Gasteiger partial charge in [-0.3, -0.25) is 4.99 Å². The minimum Gasteiger partial charge on any atom is -0.383 e. The highest BCUT2D eigenvalue weighted by atomic mass is 32.1. The number of amidine groups is 1. The Hall–Kier alpha value is -4.73. The summed E-state index contributed by atoms with van der Waals surface area (Å²) in [7, 11) is 1.76. The Kier molecular flexibility index (Phi) is 5.72. The van der Waals surface area contributed by atoms with Gasteiger partial charge in [0.25, 0.3) is 0 Å². The summed E-state index contributed by atoms with van der Waals surface area (Å²) in [6.45, 7) is 0. The van der Waals surface area contributed by atoms with Crippen LogP contribution >= 0.6 is 11.3 Å². The van der Waals surface area contributed by atoms with E-state index in [2.05, 4.69) is 132 Å². The molecule has 7 rings (SSSR count). The molecule has 186 valence electrons. The number of benzene rings is 6. The first-order valence-corrected chi connectivity index (χ1v) is 13.9. The van der Waals surface area contributed by atoms with Crippen LogP contribution in [0.15, 0.2) is 132 Å². The van der Waals surface area contributed by atoms with Crippen molar-refractivity contribution in [2.45, 2.75) is 0 Å². The molecule has 0 aliphatic carbocycles. The Bertz CT molecular complexity index is 2020. The SMILES string of the molecule is CN=C(N)c1ccc(-c2ccc3ccccc3c2)c2sc3c(-c4ccccc4)cc(-c4ccccc4)cc3c12. The van der Waals surface area contributed by atoms with Gasteiger partial charge in [-0.25, -0.2) is 0 Å². The molecule has 0 fully saturated rings. The molecule has 2 nitrogen and oxygen atoms in total. The molecule has 0 aliphatic rings. The van der Waals surface area contributed by atoms with Crippen LogP contribution in [0, 0.1) is 0 Å². The monoisotopic (exact) mass is 518 g/mol. The fourth-order valence-corrected chi connectivity index (χ4v) is 6.91. The number of hydrogen-bond donors (Lipinski definition) is 1. The highest BCUT2D eigenvalue weighted by molar-refractivity contribution is 7.27. The third-order valence-corrected chi connectivity index (χ3v) is 8.76. The van der Waals surface area contributed by atoms with Crippen LogP contribution in [0.4, 0.5) is 0 Å². The fourth-order valence-electron chi connectivity index (χ4n) is 5.53. The molecule has 1 heterocycles. The van der Waals surface area contributed by atoms with E-state index in [9.17, 15) is 0 Å². The summed E-state index contributed by atoms with van der Waals surface area (Å²) < 4.78 is 2.49. The quantitative estimate of drug-likeness (QED) is 0.183. The van der Waals surface area contributed by atoms with E-state index in [1.165, 1.54) is 64.3 Å². The minimum atomic E-state index is 0.552. The van der Waals surface area contributed by atoms with Gasteiger partial charge in [0, 0.05) is 38.3 Å². The van der Waals surface area contributed by atoms with Crippen LogP contribution in [0.25, 0.3) is 64.3 Å². The number of nitrogens with two attached hydrogens (primary N) is 1. The molecule has 0 amide bonds. The predicted octanol–water partition coefficient (Wildman–Crippen LogP) is 9.54. The molecule has 1 aromatic heterocycles. The van der Waals surface area contributed by atoms with Crippen molar-refractivity contribution in [3.63, 3.8) is 0 Å². The van der Waals surface area contributed by atoms with Gasteiger partial charge in [-0.2, -0.15) is 0 Å². The van der Waals surface area contributed by atoms with E-state index in [-0.39, 0.29) is 0 Å². The molecule has 0 radical (unpaired) electrons. The van der Waals surface area contributed by atoms with E-state index >= 15 is 0 Å². The topological polar surface area (TPSA) is 38.4 Å². The van der Waals surface area contributed by atoms with E-state index in [0.717, 1.165) is 5.56 Å². The highest BCUT2D eigenvalue weighted by Crippen LogP contribution is 2.47. The molecule has 0 spiro atoms. The van der Waals surface area contributed by atoms with Crippen LogP contribution < -0.4 is 5.73 Å². The molecule has 6 aromatic carbocycles. The Morgan fingerprint density at radius 2 is 1.26 bits per heavy atom. The molecular formula is C36H26N2S. The second-order valence-corrected chi connectivity index (χ2v) is 10.8. The summed E-state index contributed by atoms with van der Waals surface area (Å²) in [4.78, 5) is 4.40. The molecule has 0 bridgehead atoms. The summed E-state index contributed by atoms with van der Waals surface area (Å²) in [5.41, 5.74) is 14.7.